The smallest absolute Gasteiger partial charge is 0.377 e. The first-order valence-electron chi connectivity index (χ1n) is 14.7. The number of ether oxygens (including phenoxy) is 4. The Hall–Kier alpha value is -1.85. The zero-order valence-corrected chi connectivity index (χ0v) is 23.2. The maximum Gasteiger partial charge on any atom is 0.377 e. The van der Waals surface area contributed by atoms with Gasteiger partial charge < -0.3 is 29.2 Å². The number of aliphatic hydroxyl groups is 2. The molecule has 0 spiro atoms. The third kappa shape index (κ3) is 4.83. The van der Waals surface area contributed by atoms with E-state index in [1.165, 1.54) is 6.42 Å². The Labute approximate surface area is 232 Å². The summed E-state index contributed by atoms with van der Waals surface area (Å²) in [5, 5.41) is 22.7. The molecule has 0 aliphatic heterocycles. The molecule has 8 rings (SSSR count). The van der Waals surface area contributed by atoms with Gasteiger partial charge in [0.05, 0.1) is 16.8 Å². The van der Waals surface area contributed by atoms with Crippen LogP contribution >= 0.6 is 0 Å². The molecule has 8 aliphatic rings. The number of carbonyl (C=O) groups excluding carboxylic acids is 3. The fourth-order valence-electron chi connectivity index (χ4n) is 10.4. The molecule has 0 amide bonds. The maximum absolute atomic E-state index is 13.3. The van der Waals surface area contributed by atoms with Crippen molar-refractivity contribution >= 4 is 17.9 Å². The maximum atomic E-state index is 13.3. The predicted molar refractivity (Wildman–Crippen MR) is 133 cm³/mol. The van der Waals surface area contributed by atoms with E-state index in [1.807, 2.05) is 0 Å². The Morgan fingerprint density at radius 1 is 0.775 bits per heavy atom. The van der Waals surface area contributed by atoms with Gasteiger partial charge >= 0.3 is 23.8 Å². The van der Waals surface area contributed by atoms with E-state index >= 15 is 0 Å². The summed E-state index contributed by atoms with van der Waals surface area (Å²) >= 11 is 0. The van der Waals surface area contributed by atoms with Crippen molar-refractivity contribution in [2.75, 3.05) is 13.2 Å². The third-order valence-corrected chi connectivity index (χ3v) is 10.8. The largest absolute Gasteiger partial charge is 0.457 e. The SMILES string of the molecule is CCC1(OC(=O)COC23CC4(O)CC(O)(C2)CC(OC(=O)COC(=O)C(C)(F)F)(C4)C3)C2CC3CC(C2)CC1C3. The molecule has 0 aromatic heterocycles. The van der Waals surface area contributed by atoms with Crippen molar-refractivity contribution in [2.24, 2.45) is 23.7 Å². The highest BCUT2D eigenvalue weighted by Crippen LogP contribution is 2.64. The summed E-state index contributed by atoms with van der Waals surface area (Å²) in [5.41, 5.74) is -5.80. The van der Waals surface area contributed by atoms with Gasteiger partial charge in [0.15, 0.2) is 6.61 Å². The average Bonchev–Trinajstić information content (AvgIpc) is 2.80. The number of rotatable bonds is 9. The molecule has 0 heterocycles. The minimum absolute atomic E-state index is 0.0200. The van der Waals surface area contributed by atoms with Crippen molar-refractivity contribution in [1.82, 2.24) is 0 Å². The highest BCUT2D eigenvalue weighted by atomic mass is 19.3. The van der Waals surface area contributed by atoms with Crippen molar-refractivity contribution in [2.45, 2.75) is 125 Å². The van der Waals surface area contributed by atoms with E-state index in [0.29, 0.717) is 18.8 Å². The molecule has 8 fully saturated rings. The van der Waals surface area contributed by atoms with E-state index in [1.54, 1.807) is 0 Å². The zero-order valence-electron chi connectivity index (χ0n) is 23.2. The molecule has 0 aromatic carbocycles. The van der Waals surface area contributed by atoms with Gasteiger partial charge in [0.2, 0.25) is 0 Å². The quantitative estimate of drug-likeness (QED) is 0.317. The van der Waals surface area contributed by atoms with Gasteiger partial charge in [-0.15, -0.1) is 0 Å². The van der Waals surface area contributed by atoms with Crippen LogP contribution in [-0.2, 0) is 33.3 Å². The van der Waals surface area contributed by atoms with Crippen LogP contribution in [0.3, 0.4) is 0 Å². The van der Waals surface area contributed by atoms with E-state index in [2.05, 4.69) is 11.7 Å². The van der Waals surface area contributed by atoms with Crippen LogP contribution in [0.15, 0.2) is 0 Å². The fourth-order valence-corrected chi connectivity index (χ4v) is 10.4. The van der Waals surface area contributed by atoms with Crippen LogP contribution < -0.4 is 0 Å². The van der Waals surface area contributed by atoms with E-state index in [0.717, 1.165) is 43.9 Å². The second kappa shape index (κ2) is 9.07. The first-order chi connectivity index (χ1) is 18.6. The second-order valence-electron chi connectivity index (χ2n) is 14.2. The van der Waals surface area contributed by atoms with E-state index in [-0.39, 0.29) is 45.1 Å². The molecule has 2 atom stereocenters. The molecule has 11 heteroatoms. The van der Waals surface area contributed by atoms with Crippen molar-refractivity contribution in [3.63, 3.8) is 0 Å². The van der Waals surface area contributed by atoms with Gasteiger partial charge in [-0.1, -0.05) is 6.92 Å². The molecule has 8 saturated carbocycles. The Balaban J connectivity index is 1.13. The fraction of sp³-hybridized carbons (Fsp3) is 0.897. The van der Waals surface area contributed by atoms with E-state index in [4.69, 9.17) is 14.2 Å². The number of halogens is 2. The Kier molecular flexibility index (Phi) is 6.41. The van der Waals surface area contributed by atoms with Crippen molar-refractivity contribution in [3.05, 3.63) is 0 Å². The van der Waals surface area contributed by atoms with E-state index < -0.39 is 58.4 Å². The van der Waals surface area contributed by atoms with Crippen molar-refractivity contribution in [1.29, 1.82) is 0 Å². The van der Waals surface area contributed by atoms with E-state index in [9.17, 15) is 33.4 Å². The number of carbonyl (C=O) groups is 3. The summed E-state index contributed by atoms with van der Waals surface area (Å²) in [7, 11) is 0. The Morgan fingerprint density at radius 2 is 1.30 bits per heavy atom. The highest BCUT2D eigenvalue weighted by molar-refractivity contribution is 5.80. The van der Waals surface area contributed by atoms with Gasteiger partial charge in [-0.3, -0.25) is 0 Å². The van der Waals surface area contributed by atoms with Gasteiger partial charge in [0.25, 0.3) is 0 Å². The molecule has 40 heavy (non-hydrogen) atoms. The molecule has 2 unspecified atom stereocenters. The first kappa shape index (κ1) is 28.3. The van der Waals surface area contributed by atoms with Crippen LogP contribution in [0.25, 0.3) is 0 Å². The second-order valence-corrected chi connectivity index (χ2v) is 14.2. The summed E-state index contributed by atoms with van der Waals surface area (Å²) in [6, 6.07) is 0. The Bertz CT molecular complexity index is 1040. The molecular formula is C29H40F2O9. The van der Waals surface area contributed by atoms with Gasteiger partial charge in [-0.25, -0.2) is 14.4 Å². The van der Waals surface area contributed by atoms with Crippen LogP contribution in [0.1, 0.15) is 90.9 Å². The number of esters is 3. The lowest BCUT2D eigenvalue weighted by atomic mass is 9.48. The molecule has 2 N–H and O–H groups in total. The van der Waals surface area contributed by atoms with Gasteiger partial charge in [-0.05, 0) is 62.2 Å². The summed E-state index contributed by atoms with van der Waals surface area (Å²) in [4.78, 5) is 37.2. The highest BCUT2D eigenvalue weighted by Gasteiger charge is 2.70. The molecule has 224 valence electrons. The lowest BCUT2D eigenvalue weighted by Crippen LogP contribution is -2.73. The molecule has 8 aliphatic carbocycles. The normalized spacial score (nSPS) is 46.4. The Morgan fingerprint density at radius 3 is 1.82 bits per heavy atom. The van der Waals surface area contributed by atoms with Gasteiger partial charge in [0, 0.05) is 45.4 Å². The number of hydrogen-bond acceptors (Lipinski definition) is 9. The molecule has 0 aromatic rings. The first-order valence-corrected chi connectivity index (χ1v) is 14.7. The van der Waals surface area contributed by atoms with Gasteiger partial charge in [-0.2, -0.15) is 8.78 Å². The minimum atomic E-state index is -3.76. The molecule has 8 bridgehead atoms. The van der Waals surface area contributed by atoms with Gasteiger partial charge in [0.1, 0.15) is 17.8 Å². The molecular weight excluding hydrogens is 530 g/mol. The summed E-state index contributed by atoms with van der Waals surface area (Å²) in [6.07, 6.45) is 6.94. The lowest BCUT2D eigenvalue weighted by Gasteiger charge is -2.66. The monoisotopic (exact) mass is 570 g/mol. The van der Waals surface area contributed by atoms with Crippen LogP contribution in [-0.4, -0.2) is 75.3 Å². The standard InChI is InChI=1S/C29H40F2O9/c1-3-29(19-5-17-4-18(7-19)8-20(29)6-17)40-22(33)10-38-27-12-25(35)11-26(36,13-27)15-28(14-25,16-27)39-21(32)9-37-23(34)24(2,30)31/h17-20,35-36H,3-16H2,1-2H3. The van der Waals surface area contributed by atoms with Crippen LogP contribution in [0.2, 0.25) is 0 Å². The summed E-state index contributed by atoms with van der Waals surface area (Å²) < 4.78 is 48.7. The molecule has 0 radical (unpaired) electrons. The topological polar surface area (TPSA) is 129 Å². The van der Waals surface area contributed by atoms with Crippen LogP contribution in [0.4, 0.5) is 8.78 Å². The summed E-state index contributed by atoms with van der Waals surface area (Å²) in [6.45, 7) is 1.07. The average molecular weight is 571 g/mol. The van der Waals surface area contributed by atoms with Crippen molar-refractivity contribution < 1.29 is 52.3 Å². The van der Waals surface area contributed by atoms with Crippen LogP contribution in [0, 0.1) is 23.7 Å². The number of alkyl halides is 2. The molecule has 9 nitrogen and oxygen atoms in total. The molecule has 0 saturated heterocycles. The number of hydrogen-bond donors (Lipinski definition) is 2. The minimum Gasteiger partial charge on any atom is -0.457 e. The third-order valence-electron chi connectivity index (χ3n) is 10.8. The van der Waals surface area contributed by atoms with Crippen LogP contribution in [0.5, 0.6) is 0 Å². The lowest BCUT2D eigenvalue weighted by molar-refractivity contribution is -0.312. The van der Waals surface area contributed by atoms with Crippen molar-refractivity contribution in [3.8, 4) is 0 Å². The predicted octanol–water partition coefficient (Wildman–Crippen LogP) is 3.21. The summed E-state index contributed by atoms with van der Waals surface area (Å²) in [5.74, 6) is -4.96. The zero-order chi connectivity index (χ0) is 28.8.